The van der Waals surface area contributed by atoms with Gasteiger partial charge in [-0.15, -0.1) is 0 Å². The molecule has 0 bridgehead atoms. The molecule has 0 aliphatic carbocycles. The SMILES string of the molecule is CCCCCCCCCCCCCCCC(=O)C1(N2CCN(Cc3cc(-c4ccc(Cl)cc4)n(-c4ccc(Cl)cc4)c3C)CC2)CCCO1. The molecule has 2 aromatic carbocycles. The molecule has 1 unspecified atom stereocenters. The van der Waals surface area contributed by atoms with E-state index in [-0.39, 0.29) is 0 Å². The van der Waals surface area contributed by atoms with E-state index < -0.39 is 5.72 Å². The van der Waals surface area contributed by atoms with Crippen molar-refractivity contribution in [3.63, 3.8) is 0 Å². The van der Waals surface area contributed by atoms with Gasteiger partial charge >= 0.3 is 0 Å². The second-order valence-electron chi connectivity index (χ2n) is 14.4. The Morgan fingerprint density at radius 3 is 1.86 bits per heavy atom. The Labute approximate surface area is 306 Å². The fraction of sp³-hybridized carbons (Fsp3) is 0.595. The first-order valence-electron chi connectivity index (χ1n) is 19.3. The minimum Gasteiger partial charge on any atom is -0.353 e. The zero-order chi connectivity index (χ0) is 34.5. The molecule has 0 radical (unpaired) electrons. The number of carbonyl (C=O) groups excluding carboxylic acids is 1. The van der Waals surface area contributed by atoms with Gasteiger partial charge in [-0.05, 0) is 79.8 Å². The van der Waals surface area contributed by atoms with Crippen LogP contribution in [0.3, 0.4) is 0 Å². The van der Waals surface area contributed by atoms with E-state index in [1.165, 1.54) is 81.9 Å². The maximum absolute atomic E-state index is 13.7. The predicted molar refractivity (Wildman–Crippen MR) is 206 cm³/mol. The molecule has 0 saturated carbocycles. The second kappa shape index (κ2) is 19.5. The summed E-state index contributed by atoms with van der Waals surface area (Å²) in [5.74, 6) is 0.310. The third-order valence-electron chi connectivity index (χ3n) is 10.8. The Bertz CT molecular complexity index is 1420. The molecule has 0 spiro atoms. The highest BCUT2D eigenvalue weighted by Gasteiger charge is 2.47. The molecule has 5 nitrogen and oxygen atoms in total. The van der Waals surface area contributed by atoms with E-state index in [0.29, 0.717) is 18.8 Å². The molecule has 3 heterocycles. The molecule has 3 aromatic rings. The maximum Gasteiger partial charge on any atom is 0.181 e. The van der Waals surface area contributed by atoms with Crippen molar-refractivity contribution in [2.24, 2.45) is 0 Å². The lowest BCUT2D eigenvalue weighted by molar-refractivity contribution is -0.170. The van der Waals surface area contributed by atoms with Crippen molar-refractivity contribution in [1.29, 1.82) is 0 Å². The number of ketones is 1. The van der Waals surface area contributed by atoms with Gasteiger partial charge in [-0.2, -0.15) is 0 Å². The van der Waals surface area contributed by atoms with Crippen LogP contribution in [0.15, 0.2) is 54.6 Å². The largest absolute Gasteiger partial charge is 0.353 e. The summed E-state index contributed by atoms with van der Waals surface area (Å²) in [6.07, 6.45) is 19.6. The average Bonchev–Trinajstić information content (AvgIpc) is 3.74. The van der Waals surface area contributed by atoms with Gasteiger partial charge in [-0.1, -0.05) is 119 Å². The molecule has 2 aliphatic heterocycles. The lowest BCUT2D eigenvalue weighted by Gasteiger charge is -2.44. The van der Waals surface area contributed by atoms with Crippen LogP contribution in [-0.4, -0.2) is 58.7 Å². The fourth-order valence-corrected chi connectivity index (χ4v) is 8.10. The predicted octanol–water partition coefficient (Wildman–Crippen LogP) is 11.4. The van der Waals surface area contributed by atoms with Crippen molar-refractivity contribution in [3.05, 3.63) is 75.9 Å². The number of aromatic nitrogens is 1. The number of benzene rings is 2. The highest BCUT2D eigenvalue weighted by molar-refractivity contribution is 6.30. The first-order valence-corrected chi connectivity index (χ1v) is 20.0. The number of hydrogen-bond acceptors (Lipinski definition) is 4. The van der Waals surface area contributed by atoms with Crippen LogP contribution in [0.2, 0.25) is 10.0 Å². The lowest BCUT2D eigenvalue weighted by Crippen LogP contribution is -2.60. The van der Waals surface area contributed by atoms with Crippen molar-refractivity contribution in [2.75, 3.05) is 32.8 Å². The summed E-state index contributed by atoms with van der Waals surface area (Å²) in [5, 5.41) is 1.46. The first-order chi connectivity index (χ1) is 23.9. The molecule has 2 aliphatic rings. The second-order valence-corrected chi connectivity index (χ2v) is 15.2. The van der Waals surface area contributed by atoms with Crippen LogP contribution in [0.5, 0.6) is 0 Å². The van der Waals surface area contributed by atoms with Crippen LogP contribution in [0.1, 0.15) is 121 Å². The summed E-state index contributed by atoms with van der Waals surface area (Å²) >= 11 is 12.5. The molecule has 7 heteroatoms. The lowest BCUT2D eigenvalue weighted by atomic mass is 9.96. The van der Waals surface area contributed by atoms with E-state index >= 15 is 0 Å². The highest BCUT2D eigenvalue weighted by Crippen LogP contribution is 2.35. The monoisotopic (exact) mass is 707 g/mol. The van der Waals surface area contributed by atoms with Crippen LogP contribution >= 0.6 is 23.2 Å². The van der Waals surface area contributed by atoms with Gasteiger partial charge in [0.15, 0.2) is 11.5 Å². The van der Waals surface area contributed by atoms with E-state index in [9.17, 15) is 4.79 Å². The summed E-state index contributed by atoms with van der Waals surface area (Å²) in [6.45, 7) is 9.58. The smallest absolute Gasteiger partial charge is 0.181 e. The molecule has 5 rings (SSSR count). The molecular weight excluding hydrogens is 649 g/mol. The molecule has 0 N–H and O–H groups in total. The Morgan fingerprint density at radius 1 is 0.755 bits per heavy atom. The molecule has 1 aromatic heterocycles. The Hall–Kier alpha value is -2.15. The maximum atomic E-state index is 13.7. The van der Waals surface area contributed by atoms with Crippen LogP contribution in [0.25, 0.3) is 16.9 Å². The van der Waals surface area contributed by atoms with Crippen LogP contribution in [-0.2, 0) is 16.1 Å². The van der Waals surface area contributed by atoms with Gasteiger partial charge in [0.2, 0.25) is 0 Å². The van der Waals surface area contributed by atoms with Gasteiger partial charge < -0.3 is 9.30 Å². The topological polar surface area (TPSA) is 37.7 Å². The van der Waals surface area contributed by atoms with E-state index in [1.807, 2.05) is 24.3 Å². The summed E-state index contributed by atoms with van der Waals surface area (Å²) in [6, 6.07) is 18.4. The molecular formula is C42H59Cl2N3O2. The number of halogens is 2. The van der Waals surface area contributed by atoms with Gasteiger partial charge in [-0.25, -0.2) is 0 Å². The van der Waals surface area contributed by atoms with E-state index in [4.69, 9.17) is 27.9 Å². The minimum atomic E-state index is -0.710. The van der Waals surface area contributed by atoms with E-state index in [2.05, 4.69) is 58.5 Å². The molecule has 49 heavy (non-hydrogen) atoms. The van der Waals surface area contributed by atoms with Gasteiger partial charge in [0.25, 0.3) is 0 Å². The van der Waals surface area contributed by atoms with E-state index in [0.717, 1.165) is 85.4 Å². The molecule has 268 valence electrons. The number of rotatable bonds is 20. The Kier molecular flexibility index (Phi) is 15.1. The first kappa shape index (κ1) is 38.1. The third kappa shape index (κ3) is 10.5. The summed E-state index contributed by atoms with van der Waals surface area (Å²) in [7, 11) is 0. The Balaban J connectivity index is 1.10. The number of carbonyl (C=O) groups is 1. The van der Waals surface area contributed by atoms with Crippen molar-refractivity contribution < 1.29 is 9.53 Å². The minimum absolute atomic E-state index is 0.310. The van der Waals surface area contributed by atoms with Crippen molar-refractivity contribution >= 4 is 29.0 Å². The van der Waals surface area contributed by atoms with Crippen LogP contribution in [0.4, 0.5) is 0 Å². The molecule has 0 amide bonds. The van der Waals surface area contributed by atoms with Gasteiger partial charge in [-0.3, -0.25) is 14.6 Å². The number of nitrogens with zero attached hydrogens (tertiary/aromatic N) is 3. The van der Waals surface area contributed by atoms with Gasteiger partial charge in [0.05, 0.1) is 5.69 Å². The number of unbranched alkanes of at least 4 members (excludes halogenated alkanes) is 12. The van der Waals surface area contributed by atoms with Gasteiger partial charge in [0, 0.05) is 67.2 Å². The summed E-state index contributed by atoms with van der Waals surface area (Å²) < 4.78 is 8.67. The number of ether oxygens (including phenoxy) is 1. The average molecular weight is 709 g/mol. The van der Waals surface area contributed by atoms with Crippen molar-refractivity contribution in [1.82, 2.24) is 14.4 Å². The summed E-state index contributed by atoms with van der Waals surface area (Å²) in [4.78, 5) is 18.6. The van der Waals surface area contributed by atoms with Gasteiger partial charge in [0.1, 0.15) is 0 Å². The van der Waals surface area contributed by atoms with E-state index in [1.54, 1.807) is 0 Å². The molecule has 2 saturated heterocycles. The zero-order valence-corrected chi connectivity index (χ0v) is 31.7. The van der Waals surface area contributed by atoms with Crippen molar-refractivity contribution in [2.45, 2.75) is 129 Å². The quantitative estimate of drug-likeness (QED) is 0.110. The fourth-order valence-electron chi connectivity index (χ4n) is 7.85. The number of hydrogen-bond donors (Lipinski definition) is 0. The molecule has 1 atom stereocenters. The third-order valence-corrected chi connectivity index (χ3v) is 11.3. The number of Topliss-reactive ketones (excluding diaryl/α,β-unsaturated/α-hetero) is 1. The van der Waals surface area contributed by atoms with Crippen molar-refractivity contribution in [3.8, 4) is 16.9 Å². The number of piperazine rings is 1. The normalized spacial score (nSPS) is 18.8. The van der Waals surface area contributed by atoms with Crippen LogP contribution in [0, 0.1) is 6.92 Å². The Morgan fingerprint density at radius 2 is 1.31 bits per heavy atom. The molecule has 2 fully saturated rings. The standard InChI is InChI=1S/C42H59Cl2N3O2/c1-3-4-5-6-7-8-9-10-11-12-13-14-15-17-41(48)42(26-16-31-49-42)46-29-27-45(28-30-46)33-36-32-40(35-18-20-37(43)21-19-35)47(34(36)2)39-24-22-38(44)23-25-39/h18-25,32H,3-17,26-31,33H2,1-2H3. The zero-order valence-electron chi connectivity index (χ0n) is 30.2. The summed E-state index contributed by atoms with van der Waals surface area (Å²) in [5.41, 5.74) is 5.17. The highest BCUT2D eigenvalue weighted by atomic mass is 35.5. The van der Waals surface area contributed by atoms with Crippen LogP contribution < -0.4 is 0 Å².